The van der Waals surface area contributed by atoms with Crippen LogP contribution in [0.25, 0.3) is 16.9 Å². The fraction of sp³-hybridized carbons (Fsp3) is 0.200. The van der Waals surface area contributed by atoms with Crippen molar-refractivity contribution >= 4 is 0 Å². The highest BCUT2D eigenvalue weighted by molar-refractivity contribution is 5.66. The Labute approximate surface area is 131 Å². The first kappa shape index (κ1) is 13.4. The highest BCUT2D eigenvalue weighted by Crippen LogP contribution is 2.31. The molecule has 0 amide bonds. The van der Waals surface area contributed by atoms with E-state index < -0.39 is 0 Å². The summed E-state index contributed by atoms with van der Waals surface area (Å²) in [6, 6.07) is 23.8. The highest BCUT2D eigenvalue weighted by Gasteiger charge is 2.18. The summed E-state index contributed by atoms with van der Waals surface area (Å²) in [5.41, 5.74) is 6.71. The van der Waals surface area contributed by atoms with Crippen molar-refractivity contribution in [3.05, 3.63) is 78.0 Å². The van der Waals surface area contributed by atoms with Crippen molar-refractivity contribution < 1.29 is 0 Å². The third-order valence-corrected chi connectivity index (χ3v) is 4.36. The van der Waals surface area contributed by atoms with Crippen LogP contribution in [-0.2, 0) is 13.0 Å². The molecule has 1 N–H and O–H groups in total. The van der Waals surface area contributed by atoms with E-state index in [1.807, 2.05) is 0 Å². The zero-order valence-corrected chi connectivity index (χ0v) is 12.6. The van der Waals surface area contributed by atoms with Gasteiger partial charge in [0.05, 0.1) is 5.69 Å². The number of benzene rings is 2. The molecule has 2 aromatic carbocycles. The minimum atomic E-state index is 0.967. The molecule has 1 aromatic heterocycles. The van der Waals surface area contributed by atoms with Gasteiger partial charge >= 0.3 is 0 Å². The molecule has 2 nitrogen and oxygen atoms in total. The Kier molecular flexibility index (Phi) is 3.53. The summed E-state index contributed by atoms with van der Waals surface area (Å²) in [6.07, 6.45) is 2.32. The second kappa shape index (κ2) is 5.82. The third kappa shape index (κ3) is 2.36. The minimum Gasteiger partial charge on any atom is -0.313 e. The average molecular weight is 288 g/mol. The molecule has 0 radical (unpaired) electrons. The van der Waals surface area contributed by atoms with Gasteiger partial charge in [-0.25, -0.2) is 0 Å². The molecule has 0 unspecified atom stereocenters. The molecular formula is C20H20N2. The van der Waals surface area contributed by atoms with E-state index in [0.717, 1.165) is 19.5 Å². The third-order valence-electron chi connectivity index (χ3n) is 4.36. The first-order valence-electron chi connectivity index (χ1n) is 7.98. The molecule has 2 heteroatoms. The molecule has 0 bridgehead atoms. The lowest BCUT2D eigenvalue weighted by atomic mass is 10.1. The van der Waals surface area contributed by atoms with Gasteiger partial charge in [-0.1, -0.05) is 48.5 Å². The average Bonchev–Trinajstić information content (AvgIpc) is 2.79. The fourth-order valence-corrected chi connectivity index (χ4v) is 3.32. The maximum Gasteiger partial charge on any atom is 0.0534 e. The molecule has 22 heavy (non-hydrogen) atoms. The van der Waals surface area contributed by atoms with Crippen molar-refractivity contribution in [2.75, 3.05) is 6.54 Å². The molecule has 0 aliphatic carbocycles. The van der Waals surface area contributed by atoms with Gasteiger partial charge in [0.25, 0.3) is 0 Å². The summed E-state index contributed by atoms with van der Waals surface area (Å²) >= 11 is 0. The van der Waals surface area contributed by atoms with Gasteiger partial charge in [0.1, 0.15) is 0 Å². The summed E-state index contributed by atoms with van der Waals surface area (Å²) in [7, 11) is 0. The number of hydrogen-bond acceptors (Lipinski definition) is 1. The van der Waals surface area contributed by atoms with Crippen LogP contribution in [0.4, 0.5) is 0 Å². The van der Waals surface area contributed by atoms with Crippen molar-refractivity contribution in [3.63, 3.8) is 0 Å². The number of nitrogens with one attached hydrogen (secondary N) is 1. The number of aromatic nitrogens is 1. The van der Waals surface area contributed by atoms with Crippen LogP contribution in [0.15, 0.2) is 66.7 Å². The van der Waals surface area contributed by atoms with Crippen LogP contribution >= 0.6 is 0 Å². The van der Waals surface area contributed by atoms with Crippen LogP contribution < -0.4 is 5.32 Å². The maximum atomic E-state index is 3.53. The highest BCUT2D eigenvalue weighted by atomic mass is 15.0. The SMILES string of the molecule is c1ccc(-c2cc3c(n2-c2ccccc2)CCCNC3)cc1. The topological polar surface area (TPSA) is 17.0 Å². The Balaban J connectivity index is 1.95. The van der Waals surface area contributed by atoms with E-state index in [1.54, 1.807) is 0 Å². The van der Waals surface area contributed by atoms with E-state index in [4.69, 9.17) is 0 Å². The molecule has 4 rings (SSSR count). The van der Waals surface area contributed by atoms with Gasteiger partial charge < -0.3 is 9.88 Å². The van der Waals surface area contributed by atoms with Gasteiger partial charge in [-0.15, -0.1) is 0 Å². The van der Waals surface area contributed by atoms with Crippen molar-refractivity contribution in [2.45, 2.75) is 19.4 Å². The Morgan fingerprint density at radius 1 is 0.864 bits per heavy atom. The predicted molar refractivity (Wildman–Crippen MR) is 91.2 cm³/mol. The van der Waals surface area contributed by atoms with Gasteiger partial charge in [-0.2, -0.15) is 0 Å². The molecule has 3 aromatic rings. The lowest BCUT2D eigenvalue weighted by Crippen LogP contribution is -2.11. The van der Waals surface area contributed by atoms with Crippen LogP contribution in [0.1, 0.15) is 17.7 Å². The van der Waals surface area contributed by atoms with Gasteiger partial charge in [-0.3, -0.25) is 0 Å². The quantitative estimate of drug-likeness (QED) is 0.748. The monoisotopic (exact) mass is 288 g/mol. The van der Waals surface area contributed by atoms with Crippen LogP contribution in [-0.4, -0.2) is 11.1 Å². The first-order chi connectivity index (χ1) is 10.9. The lowest BCUT2D eigenvalue weighted by Gasteiger charge is -2.14. The molecule has 0 fully saturated rings. The standard InChI is InChI=1S/C20H20N2/c1-3-8-16(9-4-1)20-14-17-15-21-13-7-12-19(17)22(20)18-10-5-2-6-11-18/h1-6,8-11,14,21H,7,12-13,15H2. The lowest BCUT2D eigenvalue weighted by molar-refractivity contribution is 0.677. The van der Waals surface area contributed by atoms with Crippen molar-refractivity contribution in [2.24, 2.45) is 0 Å². The maximum absolute atomic E-state index is 3.53. The molecule has 110 valence electrons. The summed E-state index contributed by atoms with van der Waals surface area (Å²) in [4.78, 5) is 0. The van der Waals surface area contributed by atoms with Gasteiger partial charge in [0.15, 0.2) is 0 Å². The van der Waals surface area contributed by atoms with Crippen molar-refractivity contribution in [1.82, 2.24) is 9.88 Å². The van der Waals surface area contributed by atoms with E-state index in [9.17, 15) is 0 Å². The number of fused-ring (bicyclic) bond motifs is 1. The second-order valence-corrected chi connectivity index (χ2v) is 5.82. The van der Waals surface area contributed by atoms with E-state index in [0.29, 0.717) is 0 Å². The van der Waals surface area contributed by atoms with Crippen molar-refractivity contribution in [1.29, 1.82) is 0 Å². The van der Waals surface area contributed by atoms with E-state index >= 15 is 0 Å². The number of rotatable bonds is 2. The van der Waals surface area contributed by atoms with E-state index in [1.165, 1.54) is 34.6 Å². The van der Waals surface area contributed by atoms with Crippen LogP contribution in [0.5, 0.6) is 0 Å². The Morgan fingerprint density at radius 3 is 2.36 bits per heavy atom. The Hall–Kier alpha value is -2.32. The number of nitrogens with zero attached hydrogens (tertiary/aromatic N) is 1. The predicted octanol–water partition coefficient (Wildman–Crippen LogP) is 4.18. The second-order valence-electron chi connectivity index (χ2n) is 5.82. The normalized spacial score (nSPS) is 14.4. The van der Waals surface area contributed by atoms with Gasteiger partial charge in [-0.05, 0) is 48.7 Å². The fourth-order valence-electron chi connectivity index (χ4n) is 3.32. The molecule has 2 heterocycles. The zero-order valence-electron chi connectivity index (χ0n) is 12.6. The Morgan fingerprint density at radius 2 is 1.59 bits per heavy atom. The zero-order chi connectivity index (χ0) is 14.8. The Bertz CT molecular complexity index is 757. The molecule has 0 spiro atoms. The smallest absolute Gasteiger partial charge is 0.0534 e. The molecule has 0 atom stereocenters. The summed E-state index contributed by atoms with van der Waals surface area (Å²) in [5.74, 6) is 0. The van der Waals surface area contributed by atoms with Crippen LogP contribution in [0.2, 0.25) is 0 Å². The molecule has 0 saturated carbocycles. The summed E-state index contributed by atoms with van der Waals surface area (Å²) in [6.45, 7) is 2.07. The van der Waals surface area contributed by atoms with E-state index in [2.05, 4.69) is 76.6 Å². The first-order valence-corrected chi connectivity index (χ1v) is 7.98. The molecule has 1 aliphatic heterocycles. The largest absolute Gasteiger partial charge is 0.313 e. The van der Waals surface area contributed by atoms with Gasteiger partial charge in [0.2, 0.25) is 0 Å². The number of hydrogen-bond donors (Lipinski definition) is 1. The minimum absolute atomic E-state index is 0.967. The van der Waals surface area contributed by atoms with Crippen molar-refractivity contribution in [3.8, 4) is 16.9 Å². The summed E-state index contributed by atoms with van der Waals surface area (Å²) in [5, 5.41) is 3.53. The van der Waals surface area contributed by atoms with Crippen LogP contribution in [0.3, 0.4) is 0 Å². The molecular weight excluding hydrogens is 268 g/mol. The molecule has 1 aliphatic rings. The molecule has 0 saturated heterocycles. The summed E-state index contributed by atoms with van der Waals surface area (Å²) < 4.78 is 2.44. The van der Waals surface area contributed by atoms with Gasteiger partial charge in [0, 0.05) is 17.9 Å². The number of para-hydroxylation sites is 1. The van der Waals surface area contributed by atoms with E-state index in [-0.39, 0.29) is 0 Å². The van der Waals surface area contributed by atoms with Crippen LogP contribution in [0, 0.1) is 0 Å².